The smallest absolute Gasteiger partial charge is 0.317 e. The Morgan fingerprint density at radius 1 is 1.20 bits per heavy atom. The van der Waals surface area contributed by atoms with Crippen LogP contribution in [0.3, 0.4) is 0 Å². The maximum atomic E-state index is 12.3. The lowest BCUT2D eigenvalue weighted by Gasteiger charge is -2.38. The molecular weight excluding hydrogens is 256 g/mol. The fourth-order valence-electron chi connectivity index (χ4n) is 3.20. The summed E-state index contributed by atoms with van der Waals surface area (Å²) in [5, 5.41) is 12.3. The van der Waals surface area contributed by atoms with Gasteiger partial charge >= 0.3 is 12.0 Å². The van der Waals surface area contributed by atoms with Crippen LogP contribution >= 0.6 is 0 Å². The zero-order valence-corrected chi connectivity index (χ0v) is 12.5. The molecule has 2 unspecified atom stereocenters. The Balaban J connectivity index is 1.84. The summed E-state index contributed by atoms with van der Waals surface area (Å²) in [4.78, 5) is 25.2. The number of aliphatic carboxylic acids is 1. The van der Waals surface area contributed by atoms with E-state index < -0.39 is 11.4 Å². The van der Waals surface area contributed by atoms with Gasteiger partial charge in [-0.2, -0.15) is 0 Å². The van der Waals surface area contributed by atoms with Crippen molar-refractivity contribution in [3.63, 3.8) is 0 Å². The highest BCUT2D eigenvalue weighted by Crippen LogP contribution is 2.31. The van der Waals surface area contributed by atoms with Crippen LogP contribution in [-0.4, -0.2) is 41.1 Å². The molecule has 2 atom stereocenters. The lowest BCUT2D eigenvalue weighted by molar-refractivity contribution is -0.150. The number of carboxylic acids is 1. The maximum absolute atomic E-state index is 12.3. The summed E-state index contributed by atoms with van der Waals surface area (Å²) in [6.07, 6.45) is 5.77. The summed E-state index contributed by atoms with van der Waals surface area (Å²) in [7, 11) is 0. The molecule has 1 saturated carbocycles. The number of hydrogen-bond donors (Lipinski definition) is 2. The molecule has 0 aromatic rings. The molecule has 0 bridgehead atoms. The van der Waals surface area contributed by atoms with E-state index >= 15 is 0 Å². The van der Waals surface area contributed by atoms with Gasteiger partial charge < -0.3 is 15.3 Å². The van der Waals surface area contributed by atoms with Gasteiger partial charge in [-0.05, 0) is 38.5 Å². The number of carbonyl (C=O) groups is 2. The van der Waals surface area contributed by atoms with Gasteiger partial charge in [-0.3, -0.25) is 4.79 Å². The van der Waals surface area contributed by atoms with Gasteiger partial charge in [0.1, 0.15) is 0 Å². The quantitative estimate of drug-likeness (QED) is 0.817. The number of urea groups is 1. The molecule has 5 nitrogen and oxygen atoms in total. The lowest BCUT2D eigenvalue weighted by atomic mass is 9.80. The van der Waals surface area contributed by atoms with E-state index in [2.05, 4.69) is 12.2 Å². The minimum atomic E-state index is -0.751. The maximum Gasteiger partial charge on any atom is 0.317 e. The zero-order valence-electron chi connectivity index (χ0n) is 12.5. The Labute approximate surface area is 120 Å². The van der Waals surface area contributed by atoms with E-state index in [9.17, 15) is 14.7 Å². The predicted octanol–water partition coefficient (Wildman–Crippen LogP) is 2.46. The van der Waals surface area contributed by atoms with Crippen molar-refractivity contribution < 1.29 is 14.7 Å². The van der Waals surface area contributed by atoms with E-state index in [4.69, 9.17) is 0 Å². The molecule has 2 N–H and O–H groups in total. The van der Waals surface area contributed by atoms with Crippen LogP contribution in [0.4, 0.5) is 4.79 Å². The molecule has 20 heavy (non-hydrogen) atoms. The van der Waals surface area contributed by atoms with Gasteiger partial charge in [0, 0.05) is 19.1 Å². The molecular formula is C15H26N2O3. The van der Waals surface area contributed by atoms with Crippen LogP contribution in [0, 0.1) is 11.3 Å². The van der Waals surface area contributed by atoms with E-state index in [0.717, 1.165) is 6.42 Å². The third-order valence-electron chi connectivity index (χ3n) is 5.09. The second-order valence-corrected chi connectivity index (χ2v) is 6.67. The Kier molecular flexibility index (Phi) is 4.55. The second-order valence-electron chi connectivity index (χ2n) is 6.67. The Morgan fingerprint density at radius 2 is 1.80 bits per heavy atom. The molecule has 0 aromatic carbocycles. The fourth-order valence-corrected chi connectivity index (χ4v) is 3.20. The zero-order chi connectivity index (χ0) is 14.8. The van der Waals surface area contributed by atoms with Crippen molar-refractivity contribution >= 4 is 12.0 Å². The number of nitrogens with zero attached hydrogens (tertiary/aromatic N) is 1. The summed E-state index contributed by atoms with van der Waals surface area (Å²) < 4.78 is 0. The number of hydrogen-bond acceptors (Lipinski definition) is 2. The van der Waals surface area contributed by atoms with Crippen molar-refractivity contribution in [2.45, 2.75) is 58.4 Å². The number of carboxylic acid groups (broad SMARTS) is 1. The first-order chi connectivity index (χ1) is 9.42. The largest absolute Gasteiger partial charge is 0.481 e. The minimum absolute atomic E-state index is 0.0174. The minimum Gasteiger partial charge on any atom is -0.481 e. The van der Waals surface area contributed by atoms with E-state index in [-0.39, 0.29) is 12.1 Å². The first-order valence-electron chi connectivity index (χ1n) is 7.71. The standard InChI is InChI=1S/C15H26N2O3/c1-11-5-3-4-6-12(11)16-14(20)17-9-7-15(2,8-10-17)13(18)19/h11-12H,3-10H2,1-2H3,(H,16,20)(H,18,19). The topological polar surface area (TPSA) is 69.6 Å². The average molecular weight is 282 g/mol. The Bertz CT molecular complexity index is 375. The van der Waals surface area contributed by atoms with Crippen LogP contribution in [0.1, 0.15) is 52.4 Å². The normalized spacial score (nSPS) is 29.8. The van der Waals surface area contributed by atoms with Crippen LogP contribution in [0.25, 0.3) is 0 Å². The molecule has 0 aromatic heterocycles. The van der Waals surface area contributed by atoms with Gasteiger partial charge in [0.25, 0.3) is 0 Å². The van der Waals surface area contributed by atoms with E-state index in [0.29, 0.717) is 31.8 Å². The second kappa shape index (κ2) is 6.02. The van der Waals surface area contributed by atoms with Gasteiger partial charge in [0.2, 0.25) is 0 Å². The van der Waals surface area contributed by atoms with Gasteiger partial charge in [-0.25, -0.2) is 4.79 Å². The number of piperidine rings is 1. The molecule has 5 heteroatoms. The van der Waals surface area contributed by atoms with E-state index in [1.54, 1.807) is 11.8 Å². The van der Waals surface area contributed by atoms with Crippen LogP contribution in [0.2, 0.25) is 0 Å². The Morgan fingerprint density at radius 3 is 2.35 bits per heavy atom. The third-order valence-corrected chi connectivity index (χ3v) is 5.09. The molecule has 0 spiro atoms. The number of nitrogens with one attached hydrogen (secondary N) is 1. The van der Waals surface area contributed by atoms with Crippen molar-refractivity contribution in [1.29, 1.82) is 0 Å². The lowest BCUT2D eigenvalue weighted by Crippen LogP contribution is -2.52. The molecule has 2 aliphatic rings. The van der Waals surface area contributed by atoms with Gasteiger partial charge in [0.05, 0.1) is 5.41 Å². The van der Waals surface area contributed by atoms with E-state index in [1.807, 2.05) is 0 Å². The molecule has 1 aliphatic heterocycles. The monoisotopic (exact) mass is 282 g/mol. The average Bonchev–Trinajstić information content (AvgIpc) is 2.42. The van der Waals surface area contributed by atoms with Crippen molar-refractivity contribution in [3.05, 3.63) is 0 Å². The summed E-state index contributed by atoms with van der Waals surface area (Å²) >= 11 is 0. The number of rotatable bonds is 2. The SMILES string of the molecule is CC1CCCCC1NC(=O)N1CCC(C)(C(=O)O)CC1. The summed E-state index contributed by atoms with van der Waals surface area (Å²) in [5.74, 6) is -0.208. The van der Waals surface area contributed by atoms with Gasteiger partial charge in [0.15, 0.2) is 0 Å². The van der Waals surface area contributed by atoms with Crippen LogP contribution in [0.5, 0.6) is 0 Å². The predicted molar refractivity (Wildman–Crippen MR) is 76.5 cm³/mol. The molecule has 114 valence electrons. The molecule has 1 aliphatic carbocycles. The Hall–Kier alpha value is -1.26. The van der Waals surface area contributed by atoms with Crippen molar-refractivity contribution in [1.82, 2.24) is 10.2 Å². The van der Waals surface area contributed by atoms with Gasteiger partial charge in [-0.1, -0.05) is 19.8 Å². The van der Waals surface area contributed by atoms with Crippen molar-refractivity contribution in [3.8, 4) is 0 Å². The van der Waals surface area contributed by atoms with Gasteiger partial charge in [-0.15, -0.1) is 0 Å². The number of amides is 2. The fraction of sp³-hybridized carbons (Fsp3) is 0.867. The number of likely N-dealkylation sites (tertiary alicyclic amines) is 1. The van der Waals surface area contributed by atoms with Crippen molar-refractivity contribution in [2.24, 2.45) is 11.3 Å². The summed E-state index contributed by atoms with van der Waals surface area (Å²) in [6.45, 7) is 5.04. The first-order valence-corrected chi connectivity index (χ1v) is 7.71. The summed E-state index contributed by atoms with van der Waals surface area (Å²) in [5.41, 5.74) is -0.672. The molecule has 2 fully saturated rings. The third kappa shape index (κ3) is 3.25. The molecule has 2 rings (SSSR count). The highest BCUT2D eigenvalue weighted by molar-refractivity contribution is 5.77. The van der Waals surface area contributed by atoms with E-state index in [1.165, 1.54) is 19.3 Å². The number of carbonyl (C=O) groups excluding carboxylic acids is 1. The molecule has 0 radical (unpaired) electrons. The molecule has 2 amide bonds. The van der Waals surface area contributed by atoms with Crippen LogP contribution < -0.4 is 5.32 Å². The first kappa shape index (κ1) is 15.1. The molecule has 1 heterocycles. The highest BCUT2D eigenvalue weighted by Gasteiger charge is 2.38. The highest BCUT2D eigenvalue weighted by atomic mass is 16.4. The molecule has 1 saturated heterocycles. The summed E-state index contributed by atoms with van der Waals surface area (Å²) in [6, 6.07) is 0.264. The van der Waals surface area contributed by atoms with Crippen LogP contribution in [-0.2, 0) is 4.79 Å². The van der Waals surface area contributed by atoms with Crippen molar-refractivity contribution in [2.75, 3.05) is 13.1 Å². The van der Waals surface area contributed by atoms with Crippen LogP contribution in [0.15, 0.2) is 0 Å².